The molecule has 7 heteroatoms. The number of Topliss-reactive ketones (excluding diaryl/α,β-unsaturated/α-hetero) is 2. The van der Waals surface area contributed by atoms with Gasteiger partial charge >= 0.3 is 0 Å². The summed E-state index contributed by atoms with van der Waals surface area (Å²) in [5, 5.41) is 8.52. The molecule has 0 fully saturated rings. The molecule has 0 radical (unpaired) electrons. The summed E-state index contributed by atoms with van der Waals surface area (Å²) >= 11 is 0. The van der Waals surface area contributed by atoms with Gasteiger partial charge in [0, 0.05) is 56.9 Å². The van der Waals surface area contributed by atoms with Crippen LogP contribution in [-0.2, 0) is 9.59 Å². The van der Waals surface area contributed by atoms with Crippen LogP contribution in [0.2, 0.25) is 0 Å². The van der Waals surface area contributed by atoms with Crippen molar-refractivity contribution in [3.63, 3.8) is 0 Å². The first-order valence-electron chi connectivity index (χ1n) is 19.3. The highest BCUT2D eigenvalue weighted by Crippen LogP contribution is 2.37. The van der Waals surface area contributed by atoms with E-state index < -0.39 is 0 Å². The molecule has 0 bridgehead atoms. The van der Waals surface area contributed by atoms with Crippen molar-refractivity contribution in [1.29, 1.82) is 0 Å². The number of nitrogens with zero attached hydrogens (tertiary/aromatic N) is 4. The number of para-hydroxylation sites is 4. The van der Waals surface area contributed by atoms with Crippen molar-refractivity contribution in [3.05, 3.63) is 217 Å². The fraction of sp³-hybridized carbons (Fsp3) is 0.0385. The predicted octanol–water partition coefficient (Wildman–Crippen LogP) is 12.9. The zero-order chi connectivity index (χ0) is 40.6. The number of benzene rings is 7. The fourth-order valence-corrected chi connectivity index (χ4v) is 6.98. The van der Waals surface area contributed by atoms with Gasteiger partial charge in [-0.05, 0) is 122 Å². The SMILES string of the molecule is CC(=O)C(=Cc1ccc(-c2nnc(C=C(C(C)=O)c3ccc(N(c4ccccc4)c4ccccc4)cc3)o2)cc1)c1ccc(N(c2ccccc2)c2ccccc2)cc1. The van der Waals surface area contributed by atoms with Crippen LogP contribution in [-0.4, -0.2) is 21.8 Å². The largest absolute Gasteiger partial charge is 0.417 e. The third kappa shape index (κ3) is 8.75. The van der Waals surface area contributed by atoms with Gasteiger partial charge < -0.3 is 14.2 Å². The summed E-state index contributed by atoms with van der Waals surface area (Å²) in [6, 6.07) is 64.2. The van der Waals surface area contributed by atoms with E-state index in [0.29, 0.717) is 22.6 Å². The lowest BCUT2D eigenvalue weighted by Gasteiger charge is -2.25. The molecular weight excluding hydrogens is 729 g/mol. The molecule has 0 saturated heterocycles. The van der Waals surface area contributed by atoms with Crippen molar-refractivity contribution in [2.24, 2.45) is 0 Å². The topological polar surface area (TPSA) is 79.5 Å². The molecule has 1 heterocycles. The second-order valence-electron chi connectivity index (χ2n) is 13.9. The summed E-state index contributed by atoms with van der Waals surface area (Å²) in [6.45, 7) is 3.10. The quantitative estimate of drug-likeness (QED) is 0.0853. The highest BCUT2D eigenvalue weighted by molar-refractivity contribution is 6.24. The standard InChI is InChI=1S/C52H40N4O3/c1-37(57)49(40-27-31-47(32-28-40)55(43-15-7-3-8-16-43)44-17-9-4-10-18-44)35-39-23-25-42(26-24-39)52-54-53-51(59-52)36-50(38(2)58)41-29-33-48(34-30-41)56(45-19-11-5-12-20-45)46-21-13-6-14-22-46/h3-36H,1-2H3. The van der Waals surface area contributed by atoms with Gasteiger partial charge in [-0.25, -0.2) is 0 Å². The van der Waals surface area contributed by atoms with E-state index >= 15 is 0 Å². The van der Waals surface area contributed by atoms with Gasteiger partial charge in [0.05, 0.1) is 0 Å². The van der Waals surface area contributed by atoms with E-state index in [4.69, 9.17) is 4.42 Å². The summed E-state index contributed by atoms with van der Waals surface area (Å²) in [6.07, 6.45) is 3.51. The van der Waals surface area contributed by atoms with Gasteiger partial charge in [-0.2, -0.15) is 0 Å². The van der Waals surface area contributed by atoms with E-state index in [2.05, 4.69) is 68.5 Å². The van der Waals surface area contributed by atoms with Crippen molar-refractivity contribution in [3.8, 4) is 11.5 Å². The number of carbonyl (C=O) groups excluding carboxylic acids is 2. The number of anilines is 6. The van der Waals surface area contributed by atoms with Gasteiger partial charge in [-0.3, -0.25) is 9.59 Å². The minimum absolute atomic E-state index is 0.0428. The summed E-state index contributed by atoms with van der Waals surface area (Å²) in [5.41, 5.74) is 10.2. The number of ketones is 2. The van der Waals surface area contributed by atoms with Crippen molar-refractivity contribution < 1.29 is 14.0 Å². The molecule has 7 nitrogen and oxygen atoms in total. The highest BCUT2D eigenvalue weighted by atomic mass is 16.4. The maximum absolute atomic E-state index is 13.0. The van der Waals surface area contributed by atoms with Crippen molar-refractivity contribution >= 4 is 69.0 Å². The monoisotopic (exact) mass is 768 g/mol. The predicted molar refractivity (Wildman–Crippen MR) is 239 cm³/mol. The molecule has 59 heavy (non-hydrogen) atoms. The lowest BCUT2D eigenvalue weighted by molar-refractivity contribution is -0.112. The second kappa shape index (κ2) is 17.5. The number of hydrogen-bond acceptors (Lipinski definition) is 7. The molecule has 0 amide bonds. The van der Waals surface area contributed by atoms with Crippen LogP contribution in [0.25, 0.3) is 34.8 Å². The van der Waals surface area contributed by atoms with Crippen LogP contribution in [0.1, 0.15) is 36.4 Å². The van der Waals surface area contributed by atoms with Gasteiger partial charge in [-0.15, -0.1) is 10.2 Å². The molecule has 0 atom stereocenters. The van der Waals surface area contributed by atoms with Crippen molar-refractivity contribution in [1.82, 2.24) is 10.2 Å². The van der Waals surface area contributed by atoms with Gasteiger partial charge in [0.1, 0.15) is 0 Å². The van der Waals surface area contributed by atoms with Crippen LogP contribution in [0.3, 0.4) is 0 Å². The summed E-state index contributed by atoms with van der Waals surface area (Å²) in [4.78, 5) is 30.2. The van der Waals surface area contributed by atoms with Gasteiger partial charge in [-0.1, -0.05) is 109 Å². The van der Waals surface area contributed by atoms with E-state index in [1.165, 1.54) is 6.92 Å². The number of hydrogen-bond donors (Lipinski definition) is 0. The molecule has 8 aromatic rings. The third-order valence-electron chi connectivity index (χ3n) is 9.87. The van der Waals surface area contributed by atoms with Crippen LogP contribution >= 0.6 is 0 Å². The molecular formula is C52H40N4O3. The number of aromatic nitrogens is 2. The zero-order valence-electron chi connectivity index (χ0n) is 32.6. The van der Waals surface area contributed by atoms with Crippen LogP contribution in [0.5, 0.6) is 0 Å². The summed E-state index contributed by atoms with van der Waals surface area (Å²) in [7, 11) is 0. The van der Waals surface area contributed by atoms with Crippen molar-refractivity contribution in [2.45, 2.75) is 13.8 Å². The lowest BCUT2D eigenvalue weighted by Crippen LogP contribution is -2.09. The Morgan fingerprint density at radius 3 is 1.15 bits per heavy atom. The Balaban J connectivity index is 1.01. The Morgan fingerprint density at radius 2 is 0.780 bits per heavy atom. The Labute approximate surface area is 343 Å². The first-order valence-corrected chi connectivity index (χ1v) is 19.3. The molecule has 0 aliphatic carbocycles. The number of allylic oxidation sites excluding steroid dienone is 2. The van der Waals surface area contributed by atoms with Gasteiger partial charge in [0.15, 0.2) is 11.6 Å². The molecule has 0 N–H and O–H groups in total. The average Bonchev–Trinajstić information content (AvgIpc) is 3.76. The smallest absolute Gasteiger partial charge is 0.248 e. The molecule has 286 valence electrons. The third-order valence-corrected chi connectivity index (χ3v) is 9.87. The Hall–Kier alpha value is -7.90. The van der Waals surface area contributed by atoms with E-state index in [9.17, 15) is 9.59 Å². The average molecular weight is 769 g/mol. The maximum atomic E-state index is 13.0. The molecule has 8 rings (SSSR count). The fourth-order valence-electron chi connectivity index (χ4n) is 6.98. The molecule has 7 aromatic carbocycles. The lowest BCUT2D eigenvalue weighted by atomic mass is 9.98. The molecule has 0 saturated carbocycles. The molecule has 1 aromatic heterocycles. The molecule has 0 aliphatic heterocycles. The zero-order valence-corrected chi connectivity index (χ0v) is 32.6. The minimum atomic E-state index is -0.128. The Bertz CT molecular complexity index is 2650. The summed E-state index contributed by atoms with van der Waals surface area (Å²) in [5.74, 6) is 0.361. The van der Waals surface area contributed by atoms with Crippen LogP contribution in [0.15, 0.2) is 199 Å². The van der Waals surface area contributed by atoms with Crippen LogP contribution in [0, 0.1) is 0 Å². The number of carbonyl (C=O) groups is 2. The maximum Gasteiger partial charge on any atom is 0.248 e. The minimum Gasteiger partial charge on any atom is -0.417 e. The molecule has 0 unspecified atom stereocenters. The first kappa shape index (κ1) is 38.0. The van der Waals surface area contributed by atoms with Crippen LogP contribution in [0.4, 0.5) is 34.1 Å². The Kier molecular flexibility index (Phi) is 11.3. The molecule has 0 spiro atoms. The first-order chi connectivity index (χ1) is 28.9. The van der Waals surface area contributed by atoms with Crippen molar-refractivity contribution in [2.75, 3.05) is 9.80 Å². The van der Waals surface area contributed by atoms with E-state index in [1.807, 2.05) is 152 Å². The van der Waals surface area contributed by atoms with E-state index in [0.717, 1.165) is 50.8 Å². The number of rotatable bonds is 13. The van der Waals surface area contributed by atoms with E-state index in [1.54, 1.807) is 13.0 Å². The summed E-state index contributed by atoms with van der Waals surface area (Å²) < 4.78 is 6.04. The van der Waals surface area contributed by atoms with Gasteiger partial charge in [0.25, 0.3) is 0 Å². The molecule has 0 aliphatic rings. The normalized spacial score (nSPS) is 11.6. The van der Waals surface area contributed by atoms with Gasteiger partial charge in [0.2, 0.25) is 11.8 Å². The second-order valence-corrected chi connectivity index (χ2v) is 13.9. The Morgan fingerprint density at radius 1 is 0.424 bits per heavy atom. The van der Waals surface area contributed by atoms with Crippen LogP contribution < -0.4 is 9.80 Å². The van der Waals surface area contributed by atoms with E-state index in [-0.39, 0.29) is 17.5 Å². The highest BCUT2D eigenvalue weighted by Gasteiger charge is 2.17.